The third-order valence-electron chi connectivity index (χ3n) is 6.34. The third kappa shape index (κ3) is 4.98. The highest BCUT2D eigenvalue weighted by atomic mass is 79.9. The molecule has 0 unspecified atom stereocenters. The molecule has 0 N–H and O–H groups in total. The van der Waals surface area contributed by atoms with Crippen molar-refractivity contribution in [1.82, 2.24) is 14.0 Å². The first-order chi connectivity index (χ1) is 16.8. The van der Waals surface area contributed by atoms with Crippen LogP contribution in [-0.2, 0) is 11.3 Å². The number of hydrogen-bond donors (Lipinski definition) is 0. The Morgan fingerprint density at radius 3 is 2.42 bits per heavy atom. The van der Waals surface area contributed by atoms with E-state index in [2.05, 4.69) is 29.8 Å². The van der Waals surface area contributed by atoms with Gasteiger partial charge in [0.05, 0.1) is 21.7 Å². The highest BCUT2D eigenvalue weighted by molar-refractivity contribution is 9.10. The quantitative estimate of drug-likeness (QED) is 0.364. The summed E-state index contributed by atoms with van der Waals surface area (Å²) >= 11 is 9.94. The summed E-state index contributed by atoms with van der Waals surface area (Å²) in [6.45, 7) is 12.7. The van der Waals surface area contributed by atoms with Crippen molar-refractivity contribution < 1.29 is 9.53 Å². The number of benzene rings is 2. The van der Waals surface area contributed by atoms with Gasteiger partial charge in [-0.15, -0.1) is 0 Å². The molecule has 1 saturated heterocycles. The molecule has 2 aromatic carbocycles. The molecule has 192 valence electrons. The molecule has 1 aromatic heterocycles. The Bertz CT molecular complexity index is 1460. The van der Waals surface area contributed by atoms with E-state index in [9.17, 15) is 14.4 Å². The number of halogens is 2. The van der Waals surface area contributed by atoms with E-state index in [1.165, 1.54) is 9.13 Å². The van der Waals surface area contributed by atoms with Gasteiger partial charge in [-0.25, -0.2) is 4.79 Å². The number of carbonyl (C=O) groups is 1. The highest BCUT2D eigenvalue weighted by Crippen LogP contribution is 2.32. The predicted molar refractivity (Wildman–Crippen MR) is 147 cm³/mol. The number of aryl methyl sites for hydroxylation is 1. The molecular formula is C27H31BrClN3O4. The lowest BCUT2D eigenvalue weighted by Gasteiger charge is -2.40. The van der Waals surface area contributed by atoms with Crippen molar-refractivity contribution in [2.75, 3.05) is 13.1 Å². The molecule has 4 rings (SSSR count). The second kappa shape index (κ2) is 9.71. The molecule has 1 fully saturated rings. The molecule has 0 radical (unpaired) electrons. The maximum atomic E-state index is 13.6. The zero-order valence-electron chi connectivity index (χ0n) is 21.4. The first-order valence-electron chi connectivity index (χ1n) is 12.0. The Labute approximate surface area is 223 Å². The summed E-state index contributed by atoms with van der Waals surface area (Å²) in [7, 11) is 0. The zero-order chi connectivity index (χ0) is 26.5. The van der Waals surface area contributed by atoms with Gasteiger partial charge in [-0.3, -0.25) is 14.2 Å². The van der Waals surface area contributed by atoms with Crippen LogP contribution in [0.3, 0.4) is 0 Å². The predicted octanol–water partition coefficient (Wildman–Crippen LogP) is 5.87. The van der Waals surface area contributed by atoms with E-state index in [1.807, 2.05) is 45.9 Å². The summed E-state index contributed by atoms with van der Waals surface area (Å²) in [6.07, 6.45) is -0.376. The number of fused-ring (bicyclic) bond motifs is 1. The first kappa shape index (κ1) is 26.5. The number of amides is 1. The van der Waals surface area contributed by atoms with Crippen molar-refractivity contribution in [3.8, 4) is 5.69 Å². The van der Waals surface area contributed by atoms with Crippen LogP contribution in [0.5, 0.6) is 0 Å². The topological polar surface area (TPSA) is 73.5 Å². The van der Waals surface area contributed by atoms with Crippen molar-refractivity contribution in [2.24, 2.45) is 5.92 Å². The monoisotopic (exact) mass is 575 g/mol. The molecule has 2 heterocycles. The summed E-state index contributed by atoms with van der Waals surface area (Å²) in [6, 6.07) is 9.40. The molecule has 0 saturated carbocycles. The number of carbonyl (C=O) groups excluding carboxylic acids is 1. The van der Waals surface area contributed by atoms with E-state index < -0.39 is 16.7 Å². The molecule has 0 atom stereocenters. The summed E-state index contributed by atoms with van der Waals surface area (Å²) in [5, 5.41) is 0.443. The normalized spacial score (nSPS) is 14.4. The van der Waals surface area contributed by atoms with Crippen LogP contribution >= 0.6 is 27.5 Å². The molecule has 1 amide bonds. The van der Waals surface area contributed by atoms with Crippen LogP contribution in [0.15, 0.2) is 44.4 Å². The van der Waals surface area contributed by atoms with Crippen molar-refractivity contribution in [3.63, 3.8) is 0 Å². The van der Waals surface area contributed by atoms with Crippen LogP contribution in [0, 0.1) is 12.8 Å². The maximum Gasteiger partial charge on any atom is 0.410 e. The van der Waals surface area contributed by atoms with Gasteiger partial charge in [0.15, 0.2) is 0 Å². The van der Waals surface area contributed by atoms with E-state index in [0.29, 0.717) is 40.2 Å². The van der Waals surface area contributed by atoms with E-state index >= 15 is 0 Å². The number of likely N-dealkylation sites (tertiary alicyclic amines) is 1. The highest BCUT2D eigenvalue weighted by Gasteiger charge is 2.34. The summed E-state index contributed by atoms with van der Waals surface area (Å²) in [5.74, 6) is 0.162. The summed E-state index contributed by atoms with van der Waals surface area (Å²) < 4.78 is 9.08. The number of nitrogens with zero attached hydrogens (tertiary/aromatic N) is 3. The molecule has 0 spiro atoms. The fraction of sp³-hybridized carbons (Fsp3) is 0.444. The number of para-hydroxylation sites is 1. The minimum Gasteiger partial charge on any atom is -0.444 e. The molecule has 3 aromatic rings. The second-order valence-corrected chi connectivity index (χ2v) is 12.0. The molecular weight excluding hydrogens is 546 g/mol. The molecule has 1 aliphatic heterocycles. The lowest BCUT2D eigenvalue weighted by Crippen LogP contribution is -2.54. The van der Waals surface area contributed by atoms with Crippen LogP contribution in [0.25, 0.3) is 16.7 Å². The Hall–Kier alpha value is -2.58. The van der Waals surface area contributed by atoms with Gasteiger partial charge in [-0.1, -0.05) is 43.6 Å². The zero-order valence-corrected chi connectivity index (χ0v) is 23.7. The molecule has 0 aliphatic carbocycles. The van der Waals surface area contributed by atoms with E-state index in [0.717, 1.165) is 16.8 Å². The summed E-state index contributed by atoms with van der Waals surface area (Å²) in [5.41, 5.74) is 1.96. The Morgan fingerprint density at radius 2 is 1.81 bits per heavy atom. The van der Waals surface area contributed by atoms with Crippen molar-refractivity contribution >= 4 is 44.7 Å². The van der Waals surface area contributed by atoms with Gasteiger partial charge >= 0.3 is 17.2 Å². The minimum absolute atomic E-state index is 0.0146. The maximum absolute atomic E-state index is 13.6. The largest absolute Gasteiger partial charge is 0.444 e. The minimum atomic E-state index is -0.616. The standard InChI is InChI=1S/C27H31BrClN3O4/c1-15(2)18-9-7-8-16(3)23(18)32-22-10-19(28)20(29)11-21(22)31(24(33)25(32)34)14-17-12-30(13-17)26(35)36-27(4,5)6/h7-11,15,17H,12-14H2,1-6H3. The Kier molecular flexibility index (Phi) is 7.14. The van der Waals surface area contributed by atoms with Crippen molar-refractivity contribution in [2.45, 2.75) is 59.6 Å². The summed E-state index contributed by atoms with van der Waals surface area (Å²) in [4.78, 5) is 41.1. The Morgan fingerprint density at radius 1 is 1.14 bits per heavy atom. The van der Waals surface area contributed by atoms with Gasteiger partial charge in [0.25, 0.3) is 0 Å². The van der Waals surface area contributed by atoms with Gasteiger partial charge in [0, 0.05) is 30.0 Å². The van der Waals surface area contributed by atoms with Crippen LogP contribution < -0.4 is 11.1 Å². The van der Waals surface area contributed by atoms with Gasteiger partial charge in [-0.2, -0.15) is 0 Å². The molecule has 1 aliphatic rings. The number of aromatic nitrogens is 2. The van der Waals surface area contributed by atoms with Crippen LogP contribution in [0.1, 0.15) is 51.7 Å². The lowest BCUT2D eigenvalue weighted by atomic mass is 9.97. The van der Waals surface area contributed by atoms with Crippen LogP contribution in [-0.4, -0.2) is 38.8 Å². The molecule has 9 heteroatoms. The van der Waals surface area contributed by atoms with E-state index in [4.69, 9.17) is 16.3 Å². The smallest absolute Gasteiger partial charge is 0.410 e. The molecule has 36 heavy (non-hydrogen) atoms. The molecule has 7 nitrogen and oxygen atoms in total. The van der Waals surface area contributed by atoms with E-state index in [-0.39, 0.29) is 17.9 Å². The van der Waals surface area contributed by atoms with Crippen LogP contribution in [0.4, 0.5) is 4.79 Å². The van der Waals surface area contributed by atoms with Crippen molar-refractivity contribution in [1.29, 1.82) is 0 Å². The second-order valence-electron chi connectivity index (χ2n) is 10.7. The van der Waals surface area contributed by atoms with E-state index in [1.54, 1.807) is 17.0 Å². The molecule has 0 bridgehead atoms. The van der Waals surface area contributed by atoms with Crippen LogP contribution in [0.2, 0.25) is 5.02 Å². The first-order valence-corrected chi connectivity index (χ1v) is 13.2. The van der Waals surface area contributed by atoms with Gasteiger partial charge < -0.3 is 14.2 Å². The average molecular weight is 577 g/mol. The SMILES string of the molecule is Cc1cccc(C(C)C)c1-n1c(=O)c(=O)n(CC2CN(C(=O)OC(C)(C)C)C2)c2cc(Cl)c(Br)cc21. The Balaban J connectivity index is 1.82. The lowest BCUT2D eigenvalue weighted by molar-refractivity contribution is -0.00330. The average Bonchev–Trinajstić information content (AvgIpc) is 2.73. The third-order valence-corrected chi connectivity index (χ3v) is 7.54. The number of ether oxygens (including phenoxy) is 1. The van der Waals surface area contributed by atoms with Crippen molar-refractivity contribution in [3.05, 3.63) is 71.7 Å². The van der Waals surface area contributed by atoms with Gasteiger partial charge in [0.2, 0.25) is 0 Å². The van der Waals surface area contributed by atoms with Gasteiger partial charge in [0.1, 0.15) is 5.60 Å². The fourth-order valence-corrected chi connectivity index (χ4v) is 5.12. The fourth-order valence-electron chi connectivity index (χ4n) is 4.63. The number of hydrogen-bond acceptors (Lipinski definition) is 4. The number of rotatable bonds is 4. The van der Waals surface area contributed by atoms with Gasteiger partial charge in [-0.05, 0) is 72.8 Å².